The van der Waals surface area contributed by atoms with Crippen molar-refractivity contribution in [3.8, 4) is 0 Å². The van der Waals surface area contributed by atoms with Crippen molar-refractivity contribution >= 4 is 7.60 Å². The lowest BCUT2D eigenvalue weighted by atomic mass is 10.1. The Morgan fingerprint density at radius 1 is 0.810 bits per heavy atom. The SMILES string of the molecule is CCCCCCCC/C=C/COP(=O)(CCCC)OCC. The van der Waals surface area contributed by atoms with Crippen molar-refractivity contribution in [2.24, 2.45) is 0 Å². The van der Waals surface area contributed by atoms with Gasteiger partial charge in [-0.05, 0) is 26.2 Å². The first-order chi connectivity index (χ1) is 10.2. The topological polar surface area (TPSA) is 35.5 Å². The highest BCUT2D eigenvalue weighted by Gasteiger charge is 2.22. The summed E-state index contributed by atoms with van der Waals surface area (Å²) in [4.78, 5) is 0. The molecule has 0 bridgehead atoms. The Morgan fingerprint density at radius 2 is 1.48 bits per heavy atom. The summed E-state index contributed by atoms with van der Waals surface area (Å²) in [6, 6.07) is 0. The Morgan fingerprint density at radius 3 is 2.14 bits per heavy atom. The largest absolute Gasteiger partial charge is 0.330 e. The summed E-state index contributed by atoms with van der Waals surface area (Å²) >= 11 is 0. The highest BCUT2D eigenvalue weighted by atomic mass is 31.2. The summed E-state index contributed by atoms with van der Waals surface area (Å²) in [5.41, 5.74) is 0. The second-order valence-corrected chi connectivity index (χ2v) is 7.61. The fourth-order valence-corrected chi connectivity index (χ4v) is 3.84. The van der Waals surface area contributed by atoms with Gasteiger partial charge in [-0.1, -0.05) is 64.5 Å². The van der Waals surface area contributed by atoms with Gasteiger partial charge in [0.25, 0.3) is 0 Å². The van der Waals surface area contributed by atoms with Crippen LogP contribution in [0.25, 0.3) is 0 Å². The van der Waals surface area contributed by atoms with E-state index in [1.165, 1.54) is 38.5 Å². The van der Waals surface area contributed by atoms with Gasteiger partial charge in [0.05, 0.1) is 19.4 Å². The number of hydrogen-bond acceptors (Lipinski definition) is 3. The van der Waals surface area contributed by atoms with E-state index in [0.29, 0.717) is 19.4 Å². The van der Waals surface area contributed by atoms with Crippen LogP contribution in [-0.4, -0.2) is 19.4 Å². The van der Waals surface area contributed by atoms with E-state index in [1.54, 1.807) is 0 Å². The molecule has 0 fully saturated rings. The molecule has 0 radical (unpaired) electrons. The average molecular weight is 318 g/mol. The van der Waals surface area contributed by atoms with Crippen molar-refractivity contribution in [1.29, 1.82) is 0 Å². The van der Waals surface area contributed by atoms with E-state index in [9.17, 15) is 4.57 Å². The Kier molecular flexibility index (Phi) is 14.7. The van der Waals surface area contributed by atoms with Gasteiger partial charge in [-0.15, -0.1) is 0 Å². The van der Waals surface area contributed by atoms with Crippen molar-refractivity contribution in [3.63, 3.8) is 0 Å². The number of rotatable bonds is 15. The highest BCUT2D eigenvalue weighted by molar-refractivity contribution is 7.53. The van der Waals surface area contributed by atoms with Crippen LogP contribution in [0.1, 0.15) is 78.6 Å². The third-order valence-electron chi connectivity index (χ3n) is 3.37. The lowest BCUT2D eigenvalue weighted by Crippen LogP contribution is -2.00. The Bertz CT molecular complexity index is 290. The predicted octanol–water partition coefficient (Wildman–Crippen LogP) is 6.34. The van der Waals surface area contributed by atoms with Crippen molar-refractivity contribution < 1.29 is 13.6 Å². The molecule has 0 aliphatic carbocycles. The molecule has 21 heavy (non-hydrogen) atoms. The summed E-state index contributed by atoms with van der Waals surface area (Å²) < 4.78 is 23.1. The van der Waals surface area contributed by atoms with Crippen molar-refractivity contribution in [3.05, 3.63) is 12.2 Å². The smallest absolute Gasteiger partial charge is 0.309 e. The first kappa shape index (κ1) is 20.9. The molecule has 3 nitrogen and oxygen atoms in total. The van der Waals surface area contributed by atoms with Crippen LogP contribution in [0.5, 0.6) is 0 Å². The first-order valence-corrected chi connectivity index (χ1v) is 10.4. The number of unbranched alkanes of at least 4 members (excludes halogenated alkanes) is 7. The summed E-state index contributed by atoms with van der Waals surface area (Å²) in [5, 5.41) is 0. The molecule has 0 aliphatic rings. The van der Waals surface area contributed by atoms with Gasteiger partial charge in [0, 0.05) is 0 Å². The summed E-state index contributed by atoms with van der Waals surface area (Å²) in [6.45, 7) is 7.02. The minimum Gasteiger partial charge on any atom is -0.309 e. The maximum absolute atomic E-state index is 12.3. The van der Waals surface area contributed by atoms with Gasteiger partial charge >= 0.3 is 7.60 Å². The minimum absolute atomic E-state index is 0.400. The second kappa shape index (κ2) is 14.8. The fourth-order valence-electron chi connectivity index (χ4n) is 2.10. The Labute approximate surface area is 132 Å². The van der Waals surface area contributed by atoms with Gasteiger partial charge in [-0.2, -0.15) is 0 Å². The normalized spacial score (nSPS) is 14.6. The molecule has 0 aromatic carbocycles. The van der Waals surface area contributed by atoms with Crippen molar-refractivity contribution in [2.75, 3.05) is 19.4 Å². The van der Waals surface area contributed by atoms with E-state index in [0.717, 1.165) is 19.3 Å². The highest BCUT2D eigenvalue weighted by Crippen LogP contribution is 2.48. The third-order valence-corrected chi connectivity index (χ3v) is 5.43. The summed E-state index contributed by atoms with van der Waals surface area (Å²) in [5.74, 6) is 0. The average Bonchev–Trinajstić information content (AvgIpc) is 2.47. The molecule has 0 aromatic heterocycles. The third kappa shape index (κ3) is 13.3. The molecule has 0 rings (SSSR count). The van der Waals surface area contributed by atoms with Crippen LogP contribution in [0, 0.1) is 0 Å². The zero-order valence-electron chi connectivity index (χ0n) is 14.3. The number of allylic oxidation sites excluding steroid dienone is 1. The predicted molar refractivity (Wildman–Crippen MR) is 92.1 cm³/mol. The van der Waals surface area contributed by atoms with Gasteiger partial charge in [0.15, 0.2) is 0 Å². The van der Waals surface area contributed by atoms with Crippen LogP contribution >= 0.6 is 7.60 Å². The molecule has 1 unspecified atom stereocenters. The van der Waals surface area contributed by atoms with Crippen LogP contribution in [-0.2, 0) is 13.6 Å². The van der Waals surface area contributed by atoms with Crippen molar-refractivity contribution in [1.82, 2.24) is 0 Å². The minimum atomic E-state index is -2.86. The lowest BCUT2D eigenvalue weighted by molar-refractivity contribution is 0.227. The second-order valence-electron chi connectivity index (χ2n) is 5.43. The van der Waals surface area contributed by atoms with Crippen LogP contribution in [0.3, 0.4) is 0 Å². The standard InChI is InChI=1S/C17H35O3P/c1-4-7-9-10-11-12-13-14-15-16-20-21(18,19-6-3)17-8-5-2/h14-15H,4-13,16-17H2,1-3H3/b15-14+. The lowest BCUT2D eigenvalue weighted by Gasteiger charge is -2.16. The van der Waals surface area contributed by atoms with Gasteiger partial charge in [0.2, 0.25) is 0 Å². The van der Waals surface area contributed by atoms with Crippen molar-refractivity contribution in [2.45, 2.75) is 78.6 Å². The molecule has 4 heteroatoms. The maximum Gasteiger partial charge on any atom is 0.330 e. The summed E-state index contributed by atoms with van der Waals surface area (Å²) in [6.07, 6.45) is 15.5. The molecule has 0 amide bonds. The quantitative estimate of drug-likeness (QED) is 0.201. The van der Waals surface area contributed by atoms with Gasteiger partial charge in [-0.25, -0.2) is 0 Å². The van der Waals surface area contributed by atoms with Crippen LogP contribution in [0.4, 0.5) is 0 Å². The molecule has 0 saturated carbocycles. The van der Waals surface area contributed by atoms with Crippen LogP contribution in [0.15, 0.2) is 12.2 Å². The van der Waals surface area contributed by atoms with E-state index in [1.807, 2.05) is 13.0 Å². The molecule has 1 atom stereocenters. The maximum atomic E-state index is 12.3. The molecule has 0 saturated heterocycles. The molecule has 0 spiro atoms. The van der Waals surface area contributed by atoms with E-state index in [4.69, 9.17) is 9.05 Å². The molecule has 0 aliphatic heterocycles. The van der Waals surface area contributed by atoms with Gasteiger partial charge < -0.3 is 9.05 Å². The fraction of sp³-hybridized carbons (Fsp3) is 0.882. The Hall–Kier alpha value is -0.110. The van der Waals surface area contributed by atoms with E-state index >= 15 is 0 Å². The van der Waals surface area contributed by atoms with Gasteiger partial charge in [-0.3, -0.25) is 4.57 Å². The molecule has 126 valence electrons. The number of hydrogen-bond donors (Lipinski definition) is 0. The zero-order chi connectivity index (χ0) is 15.8. The van der Waals surface area contributed by atoms with E-state index in [-0.39, 0.29) is 0 Å². The zero-order valence-corrected chi connectivity index (χ0v) is 15.2. The molecular weight excluding hydrogens is 283 g/mol. The summed E-state index contributed by atoms with van der Waals surface area (Å²) in [7, 11) is -2.86. The first-order valence-electron chi connectivity index (χ1n) is 8.71. The van der Waals surface area contributed by atoms with Crippen LogP contribution in [0.2, 0.25) is 0 Å². The molecule has 0 aromatic rings. The molecule has 0 N–H and O–H groups in total. The Balaban J connectivity index is 3.68. The van der Waals surface area contributed by atoms with E-state index < -0.39 is 7.60 Å². The molecule has 0 heterocycles. The monoisotopic (exact) mass is 318 g/mol. The van der Waals surface area contributed by atoms with E-state index in [2.05, 4.69) is 19.9 Å². The van der Waals surface area contributed by atoms with Crippen LogP contribution < -0.4 is 0 Å². The molecular formula is C17H35O3P. The van der Waals surface area contributed by atoms with Gasteiger partial charge in [0.1, 0.15) is 0 Å².